The number of hydrogen-bond donors (Lipinski definition) is 0. The van der Waals surface area contributed by atoms with E-state index in [9.17, 15) is 13.2 Å². The van der Waals surface area contributed by atoms with Crippen molar-refractivity contribution in [2.75, 3.05) is 19.6 Å². The molecule has 1 aliphatic heterocycles. The molecule has 0 aliphatic carbocycles. The molecule has 0 unspecified atom stereocenters. The van der Waals surface area contributed by atoms with Crippen molar-refractivity contribution in [2.45, 2.75) is 12.3 Å². The van der Waals surface area contributed by atoms with E-state index in [0.29, 0.717) is 5.88 Å². The molecular weight excluding hydrogens is 223 g/mol. The molecule has 1 fully saturated rings. The van der Waals surface area contributed by atoms with E-state index in [1.165, 1.54) is 23.5 Å². The van der Waals surface area contributed by atoms with Crippen molar-refractivity contribution < 1.29 is 17.9 Å². The fraction of sp³-hybridized carbons (Fsp3) is 0.556. The van der Waals surface area contributed by atoms with Crippen molar-refractivity contribution in [3.63, 3.8) is 0 Å². The van der Waals surface area contributed by atoms with Crippen LogP contribution in [0, 0.1) is 0 Å². The predicted octanol–water partition coefficient (Wildman–Crippen LogP) is 1.10. The van der Waals surface area contributed by atoms with Gasteiger partial charge in [-0.15, -0.1) is 0 Å². The van der Waals surface area contributed by atoms with Crippen LogP contribution in [0.2, 0.25) is 0 Å². The highest BCUT2D eigenvalue weighted by Crippen LogP contribution is 2.21. The second-order valence-electron chi connectivity index (χ2n) is 3.59. The molecule has 1 saturated heterocycles. The summed E-state index contributed by atoms with van der Waals surface area (Å²) in [5.74, 6) is 0.346. The summed E-state index contributed by atoms with van der Waals surface area (Å²) >= 11 is 0. The first-order chi connectivity index (χ1) is 7.53. The van der Waals surface area contributed by atoms with Gasteiger partial charge in [-0.3, -0.25) is 9.88 Å². The SMILES string of the molecule is FC(F)(F)CN1CC(Oc2cnccn2)C1. The third-order valence-electron chi connectivity index (χ3n) is 2.15. The molecule has 1 aromatic rings. The van der Waals surface area contributed by atoms with Crippen molar-refractivity contribution in [1.29, 1.82) is 0 Å². The van der Waals surface area contributed by atoms with Crippen LogP contribution in [0.1, 0.15) is 0 Å². The number of rotatable bonds is 3. The molecule has 2 heterocycles. The summed E-state index contributed by atoms with van der Waals surface area (Å²) in [5.41, 5.74) is 0. The molecule has 0 aromatic carbocycles. The molecule has 2 rings (SSSR count). The molecule has 0 N–H and O–H groups in total. The number of halogens is 3. The van der Waals surface area contributed by atoms with Gasteiger partial charge in [0.2, 0.25) is 5.88 Å². The van der Waals surface area contributed by atoms with E-state index >= 15 is 0 Å². The highest BCUT2D eigenvalue weighted by Gasteiger charge is 2.38. The lowest BCUT2D eigenvalue weighted by Gasteiger charge is -2.38. The van der Waals surface area contributed by atoms with E-state index in [4.69, 9.17) is 4.74 Å². The van der Waals surface area contributed by atoms with Crippen LogP contribution in [-0.4, -0.2) is 46.8 Å². The molecule has 0 atom stereocenters. The molecule has 4 nitrogen and oxygen atoms in total. The minimum absolute atomic E-state index is 0.223. The fourth-order valence-electron chi connectivity index (χ4n) is 1.50. The Balaban J connectivity index is 1.73. The van der Waals surface area contributed by atoms with Gasteiger partial charge in [-0.25, -0.2) is 4.98 Å². The Morgan fingerprint density at radius 3 is 2.69 bits per heavy atom. The highest BCUT2D eigenvalue weighted by atomic mass is 19.4. The summed E-state index contributed by atoms with van der Waals surface area (Å²) < 4.78 is 41.2. The first-order valence-electron chi connectivity index (χ1n) is 4.75. The van der Waals surface area contributed by atoms with Crippen molar-refractivity contribution in [3.8, 4) is 5.88 Å². The Morgan fingerprint density at radius 1 is 1.38 bits per heavy atom. The molecule has 0 saturated carbocycles. The smallest absolute Gasteiger partial charge is 0.401 e. The van der Waals surface area contributed by atoms with E-state index in [2.05, 4.69) is 9.97 Å². The van der Waals surface area contributed by atoms with Gasteiger partial charge in [0.25, 0.3) is 0 Å². The fourth-order valence-corrected chi connectivity index (χ4v) is 1.50. The zero-order chi connectivity index (χ0) is 11.6. The molecule has 0 spiro atoms. The van der Waals surface area contributed by atoms with Crippen LogP contribution < -0.4 is 4.74 Å². The maximum absolute atomic E-state index is 12.0. The molecule has 88 valence electrons. The minimum Gasteiger partial charge on any atom is -0.471 e. The summed E-state index contributed by atoms with van der Waals surface area (Å²) in [6.45, 7) is -0.334. The molecule has 0 amide bonds. The summed E-state index contributed by atoms with van der Waals surface area (Å²) in [7, 11) is 0. The largest absolute Gasteiger partial charge is 0.471 e. The Hall–Kier alpha value is -1.37. The number of ether oxygens (including phenoxy) is 1. The predicted molar refractivity (Wildman–Crippen MR) is 48.9 cm³/mol. The highest BCUT2D eigenvalue weighted by molar-refractivity contribution is 5.03. The average molecular weight is 233 g/mol. The van der Waals surface area contributed by atoms with Gasteiger partial charge in [0.05, 0.1) is 12.7 Å². The van der Waals surface area contributed by atoms with Gasteiger partial charge in [0, 0.05) is 25.5 Å². The van der Waals surface area contributed by atoms with E-state index in [1.807, 2.05) is 0 Å². The monoisotopic (exact) mass is 233 g/mol. The first-order valence-corrected chi connectivity index (χ1v) is 4.75. The van der Waals surface area contributed by atoms with Gasteiger partial charge in [0.1, 0.15) is 6.10 Å². The normalized spacial score (nSPS) is 18.2. The van der Waals surface area contributed by atoms with Crippen LogP contribution in [-0.2, 0) is 0 Å². The van der Waals surface area contributed by atoms with Gasteiger partial charge < -0.3 is 4.74 Å². The standard InChI is InChI=1S/C9H10F3N3O/c10-9(11,12)6-15-4-7(5-15)16-8-3-13-1-2-14-8/h1-3,7H,4-6H2. The number of likely N-dealkylation sites (tertiary alicyclic amines) is 1. The quantitative estimate of drug-likeness (QED) is 0.783. The Bertz CT molecular complexity index is 338. The van der Waals surface area contributed by atoms with Gasteiger partial charge >= 0.3 is 6.18 Å². The Labute approximate surface area is 90.1 Å². The van der Waals surface area contributed by atoms with Crippen LogP contribution >= 0.6 is 0 Å². The molecular formula is C9H10F3N3O. The van der Waals surface area contributed by atoms with Gasteiger partial charge in [-0.05, 0) is 0 Å². The van der Waals surface area contributed by atoms with Crippen LogP contribution in [0.5, 0.6) is 5.88 Å². The van der Waals surface area contributed by atoms with E-state index < -0.39 is 12.7 Å². The minimum atomic E-state index is -4.14. The van der Waals surface area contributed by atoms with Crippen molar-refractivity contribution >= 4 is 0 Å². The Morgan fingerprint density at radius 2 is 2.12 bits per heavy atom. The number of alkyl halides is 3. The summed E-state index contributed by atoms with van der Waals surface area (Å²) in [5, 5.41) is 0. The molecule has 0 radical (unpaired) electrons. The molecule has 0 bridgehead atoms. The maximum atomic E-state index is 12.0. The van der Waals surface area contributed by atoms with Crippen LogP contribution in [0.3, 0.4) is 0 Å². The van der Waals surface area contributed by atoms with E-state index in [-0.39, 0.29) is 19.2 Å². The number of nitrogens with zero attached hydrogens (tertiary/aromatic N) is 3. The topological polar surface area (TPSA) is 38.2 Å². The lowest BCUT2D eigenvalue weighted by atomic mass is 10.2. The van der Waals surface area contributed by atoms with Gasteiger partial charge in [0.15, 0.2) is 0 Å². The van der Waals surface area contributed by atoms with E-state index in [1.54, 1.807) is 0 Å². The lowest BCUT2D eigenvalue weighted by Crippen LogP contribution is -2.56. The second kappa shape index (κ2) is 4.25. The van der Waals surface area contributed by atoms with Gasteiger partial charge in [-0.2, -0.15) is 13.2 Å². The zero-order valence-corrected chi connectivity index (χ0v) is 8.31. The number of hydrogen-bond acceptors (Lipinski definition) is 4. The summed E-state index contributed by atoms with van der Waals surface area (Å²) in [4.78, 5) is 8.95. The van der Waals surface area contributed by atoms with Crippen molar-refractivity contribution in [1.82, 2.24) is 14.9 Å². The van der Waals surface area contributed by atoms with Crippen LogP contribution in [0.25, 0.3) is 0 Å². The lowest BCUT2D eigenvalue weighted by molar-refractivity contribution is -0.162. The van der Waals surface area contributed by atoms with Crippen LogP contribution in [0.4, 0.5) is 13.2 Å². The Kier molecular flexibility index (Phi) is 2.95. The van der Waals surface area contributed by atoms with Crippen LogP contribution in [0.15, 0.2) is 18.6 Å². The average Bonchev–Trinajstić information content (AvgIpc) is 2.14. The first kappa shape index (κ1) is 11.1. The van der Waals surface area contributed by atoms with Crippen molar-refractivity contribution in [2.24, 2.45) is 0 Å². The molecule has 16 heavy (non-hydrogen) atoms. The third kappa shape index (κ3) is 3.06. The second-order valence-corrected chi connectivity index (χ2v) is 3.59. The third-order valence-corrected chi connectivity index (χ3v) is 2.15. The summed E-state index contributed by atoms with van der Waals surface area (Å²) in [6, 6.07) is 0. The number of aromatic nitrogens is 2. The van der Waals surface area contributed by atoms with Gasteiger partial charge in [-0.1, -0.05) is 0 Å². The zero-order valence-electron chi connectivity index (χ0n) is 8.31. The summed E-state index contributed by atoms with van der Waals surface area (Å²) in [6.07, 6.45) is 0.0497. The molecule has 1 aliphatic rings. The molecule has 1 aromatic heterocycles. The van der Waals surface area contributed by atoms with E-state index in [0.717, 1.165) is 0 Å². The van der Waals surface area contributed by atoms with Crippen molar-refractivity contribution in [3.05, 3.63) is 18.6 Å². The maximum Gasteiger partial charge on any atom is 0.401 e. The molecule has 7 heteroatoms.